The molecule has 0 saturated carbocycles. The van der Waals surface area contributed by atoms with Crippen molar-refractivity contribution in [2.45, 2.75) is 20.1 Å². The van der Waals surface area contributed by atoms with E-state index < -0.39 is 0 Å². The van der Waals surface area contributed by atoms with Crippen LogP contribution in [0.2, 0.25) is 0 Å². The third-order valence-electron chi connectivity index (χ3n) is 2.66. The molecule has 0 radical (unpaired) electrons. The summed E-state index contributed by atoms with van der Waals surface area (Å²) in [5.41, 5.74) is 3.19. The molecule has 0 saturated heterocycles. The fourth-order valence-electron chi connectivity index (χ4n) is 1.73. The number of aryl methyl sites for hydroxylation is 2. The van der Waals surface area contributed by atoms with E-state index in [2.05, 4.69) is 43.0 Å². The van der Waals surface area contributed by atoms with E-state index in [0.717, 1.165) is 25.9 Å². The Labute approximate surface area is 123 Å². The van der Waals surface area contributed by atoms with Crippen LogP contribution in [0.25, 0.3) is 0 Å². The first-order chi connectivity index (χ1) is 8.58. The second-order valence-electron chi connectivity index (χ2n) is 4.09. The average molecular weight is 374 g/mol. The molecule has 0 N–H and O–H groups in total. The highest BCUT2D eigenvalue weighted by Gasteiger charge is 2.10. The zero-order valence-electron chi connectivity index (χ0n) is 10.3. The first-order valence-corrected chi connectivity index (χ1v) is 7.16. The molecule has 0 unspecified atom stereocenters. The minimum atomic E-state index is 0.546. The Kier molecular flexibility index (Phi) is 4.59. The highest BCUT2D eigenvalue weighted by atomic mass is 79.9. The second kappa shape index (κ2) is 5.99. The predicted octanol–water partition coefficient (Wildman–Crippen LogP) is 3.97. The van der Waals surface area contributed by atoms with E-state index in [1.54, 1.807) is 0 Å². The van der Waals surface area contributed by atoms with Crippen LogP contribution in [0.15, 0.2) is 33.2 Å². The van der Waals surface area contributed by atoms with E-state index in [1.165, 1.54) is 0 Å². The lowest BCUT2D eigenvalue weighted by Gasteiger charge is -2.06. The van der Waals surface area contributed by atoms with Crippen molar-refractivity contribution in [1.29, 1.82) is 0 Å². The summed E-state index contributed by atoms with van der Waals surface area (Å²) in [6.45, 7) is 3.11. The molecule has 0 bridgehead atoms. The normalized spacial score (nSPS) is 10.9. The van der Waals surface area contributed by atoms with Gasteiger partial charge in [0.15, 0.2) is 0 Å². The summed E-state index contributed by atoms with van der Waals surface area (Å²) in [6, 6.07) is 8.12. The van der Waals surface area contributed by atoms with Gasteiger partial charge < -0.3 is 4.74 Å². The van der Waals surface area contributed by atoms with E-state index in [1.807, 2.05) is 36.9 Å². The van der Waals surface area contributed by atoms with Crippen molar-refractivity contribution in [3.8, 4) is 0 Å². The lowest BCUT2D eigenvalue weighted by Crippen LogP contribution is -2.02. The van der Waals surface area contributed by atoms with Crippen LogP contribution >= 0.6 is 31.9 Å². The maximum Gasteiger partial charge on any atom is 0.0900 e. The minimum absolute atomic E-state index is 0.546. The second-order valence-corrected chi connectivity index (χ2v) is 5.80. The fraction of sp³-hybridized carbons (Fsp3) is 0.308. The average Bonchev–Trinajstić information content (AvgIpc) is 2.56. The summed E-state index contributed by atoms with van der Waals surface area (Å²) >= 11 is 6.98. The van der Waals surface area contributed by atoms with Gasteiger partial charge in [-0.05, 0) is 40.5 Å². The molecule has 3 nitrogen and oxygen atoms in total. The van der Waals surface area contributed by atoms with Crippen LogP contribution < -0.4 is 0 Å². The molecule has 2 aromatic rings. The molecule has 96 valence electrons. The summed E-state index contributed by atoms with van der Waals surface area (Å²) in [6.07, 6.45) is 0. The number of nitrogens with zero attached hydrogens (tertiary/aromatic N) is 2. The predicted molar refractivity (Wildman–Crippen MR) is 78.3 cm³/mol. The molecule has 0 fully saturated rings. The van der Waals surface area contributed by atoms with Crippen molar-refractivity contribution in [3.05, 3.63) is 50.2 Å². The number of halogens is 2. The van der Waals surface area contributed by atoms with Crippen molar-refractivity contribution in [2.24, 2.45) is 7.05 Å². The van der Waals surface area contributed by atoms with E-state index in [4.69, 9.17) is 4.74 Å². The molecular weight excluding hydrogens is 360 g/mol. The van der Waals surface area contributed by atoms with Crippen LogP contribution in [0, 0.1) is 6.92 Å². The van der Waals surface area contributed by atoms with Gasteiger partial charge in [-0.1, -0.05) is 28.1 Å². The van der Waals surface area contributed by atoms with Gasteiger partial charge in [-0.25, -0.2) is 0 Å². The molecular formula is C13H14Br2N2O. The summed E-state index contributed by atoms with van der Waals surface area (Å²) in [4.78, 5) is 0. The topological polar surface area (TPSA) is 27.1 Å². The maximum atomic E-state index is 5.72. The van der Waals surface area contributed by atoms with Crippen LogP contribution in [0.1, 0.15) is 17.0 Å². The molecule has 18 heavy (non-hydrogen) atoms. The van der Waals surface area contributed by atoms with Crippen molar-refractivity contribution < 1.29 is 4.74 Å². The lowest BCUT2D eigenvalue weighted by atomic mass is 10.2. The van der Waals surface area contributed by atoms with Crippen molar-refractivity contribution in [2.75, 3.05) is 0 Å². The molecule has 5 heteroatoms. The van der Waals surface area contributed by atoms with Crippen LogP contribution in [-0.2, 0) is 25.0 Å². The number of ether oxygens (including phenoxy) is 1. The van der Waals surface area contributed by atoms with Gasteiger partial charge in [0.1, 0.15) is 0 Å². The van der Waals surface area contributed by atoms with E-state index in [9.17, 15) is 0 Å². The van der Waals surface area contributed by atoms with Crippen LogP contribution in [-0.4, -0.2) is 9.78 Å². The van der Waals surface area contributed by atoms with Gasteiger partial charge in [0, 0.05) is 11.5 Å². The lowest BCUT2D eigenvalue weighted by molar-refractivity contribution is 0.101. The van der Waals surface area contributed by atoms with Crippen molar-refractivity contribution in [1.82, 2.24) is 9.78 Å². The Morgan fingerprint density at radius 3 is 2.67 bits per heavy atom. The number of rotatable bonds is 4. The van der Waals surface area contributed by atoms with Gasteiger partial charge in [-0.15, -0.1) is 0 Å². The quantitative estimate of drug-likeness (QED) is 0.810. The molecule has 0 aliphatic heterocycles. The maximum absolute atomic E-state index is 5.72. The van der Waals surface area contributed by atoms with E-state index >= 15 is 0 Å². The Bertz CT molecular complexity index is 552. The van der Waals surface area contributed by atoms with Gasteiger partial charge in [0.2, 0.25) is 0 Å². The zero-order valence-corrected chi connectivity index (χ0v) is 13.5. The monoisotopic (exact) mass is 372 g/mol. The number of benzene rings is 1. The fourth-order valence-corrected chi connectivity index (χ4v) is 2.63. The molecule has 0 spiro atoms. The van der Waals surface area contributed by atoms with Crippen LogP contribution in [0.5, 0.6) is 0 Å². The SMILES string of the molecule is Cc1nn(C)c(COCc2cccc(Br)c2)c1Br. The summed E-state index contributed by atoms with van der Waals surface area (Å²) < 4.78 is 9.67. The molecule has 2 rings (SSSR count). The first kappa shape index (κ1) is 13.8. The molecule has 1 heterocycles. The molecule has 0 amide bonds. The first-order valence-electron chi connectivity index (χ1n) is 5.58. The summed E-state index contributed by atoms with van der Waals surface area (Å²) in [5.74, 6) is 0. The highest BCUT2D eigenvalue weighted by Crippen LogP contribution is 2.21. The molecule has 1 aromatic heterocycles. The number of hydrogen-bond acceptors (Lipinski definition) is 2. The minimum Gasteiger partial charge on any atom is -0.370 e. The Hall–Kier alpha value is -0.650. The third kappa shape index (κ3) is 3.22. The highest BCUT2D eigenvalue weighted by molar-refractivity contribution is 9.10. The third-order valence-corrected chi connectivity index (χ3v) is 4.18. The van der Waals surface area contributed by atoms with Gasteiger partial charge in [-0.2, -0.15) is 5.10 Å². The van der Waals surface area contributed by atoms with Crippen molar-refractivity contribution in [3.63, 3.8) is 0 Å². The van der Waals surface area contributed by atoms with Gasteiger partial charge in [-0.3, -0.25) is 4.68 Å². The Morgan fingerprint density at radius 1 is 1.28 bits per heavy atom. The molecule has 0 aliphatic carbocycles. The summed E-state index contributed by atoms with van der Waals surface area (Å²) in [5, 5.41) is 4.33. The van der Waals surface area contributed by atoms with Gasteiger partial charge in [0.25, 0.3) is 0 Å². The zero-order chi connectivity index (χ0) is 13.1. The van der Waals surface area contributed by atoms with Gasteiger partial charge >= 0.3 is 0 Å². The number of aromatic nitrogens is 2. The molecule has 0 atom stereocenters. The van der Waals surface area contributed by atoms with Crippen molar-refractivity contribution >= 4 is 31.9 Å². The summed E-state index contributed by atoms with van der Waals surface area (Å²) in [7, 11) is 1.93. The largest absolute Gasteiger partial charge is 0.370 e. The standard InChI is InChI=1S/C13H14Br2N2O/c1-9-13(15)12(17(2)16-9)8-18-7-10-4-3-5-11(14)6-10/h3-6H,7-8H2,1-2H3. The van der Waals surface area contributed by atoms with Crippen LogP contribution in [0.4, 0.5) is 0 Å². The molecule has 0 aliphatic rings. The van der Waals surface area contributed by atoms with E-state index in [0.29, 0.717) is 13.2 Å². The smallest absolute Gasteiger partial charge is 0.0900 e. The Morgan fingerprint density at radius 2 is 2.06 bits per heavy atom. The number of hydrogen-bond donors (Lipinski definition) is 0. The van der Waals surface area contributed by atoms with Gasteiger partial charge in [0.05, 0.1) is 29.1 Å². The van der Waals surface area contributed by atoms with E-state index in [-0.39, 0.29) is 0 Å². The Balaban J connectivity index is 1.96. The molecule has 1 aromatic carbocycles. The van der Waals surface area contributed by atoms with Crippen LogP contribution in [0.3, 0.4) is 0 Å².